The van der Waals surface area contributed by atoms with Crippen LogP contribution in [0.3, 0.4) is 0 Å². The first-order valence-corrected chi connectivity index (χ1v) is 8.28. The number of hydrogen-bond acceptors (Lipinski definition) is 6. The highest BCUT2D eigenvalue weighted by Gasteiger charge is 2.16. The van der Waals surface area contributed by atoms with E-state index in [0.29, 0.717) is 19.1 Å². The molecule has 1 fully saturated rings. The van der Waals surface area contributed by atoms with E-state index in [1.54, 1.807) is 18.3 Å². The van der Waals surface area contributed by atoms with Gasteiger partial charge in [-0.2, -0.15) is 0 Å². The maximum Gasteiger partial charge on any atom is 0.335 e. The van der Waals surface area contributed by atoms with E-state index in [0.717, 1.165) is 18.4 Å². The zero-order valence-corrected chi connectivity index (χ0v) is 14.1. The van der Waals surface area contributed by atoms with E-state index in [1.807, 2.05) is 0 Å². The number of ether oxygens (including phenoxy) is 2. The second-order valence-corrected chi connectivity index (χ2v) is 5.85. The average molecular weight is 357 g/mol. The minimum absolute atomic E-state index is 0.0150. The Labute approximate surface area is 150 Å². The number of carbonyl (C=O) groups is 2. The second kappa shape index (κ2) is 8.39. The number of pyridine rings is 2. The molecule has 0 aliphatic carbocycles. The second-order valence-electron chi connectivity index (χ2n) is 5.85. The van der Waals surface area contributed by atoms with Crippen LogP contribution in [0.4, 0.5) is 0 Å². The van der Waals surface area contributed by atoms with Crippen LogP contribution in [0.15, 0.2) is 36.7 Å². The summed E-state index contributed by atoms with van der Waals surface area (Å²) >= 11 is 0. The van der Waals surface area contributed by atoms with Gasteiger partial charge in [-0.15, -0.1) is 0 Å². The van der Waals surface area contributed by atoms with Gasteiger partial charge in [-0.3, -0.25) is 9.78 Å². The van der Waals surface area contributed by atoms with E-state index in [9.17, 15) is 9.59 Å². The van der Waals surface area contributed by atoms with Crippen LogP contribution in [-0.2, 0) is 11.3 Å². The Kier molecular flexibility index (Phi) is 5.75. The van der Waals surface area contributed by atoms with E-state index in [1.165, 1.54) is 18.3 Å². The summed E-state index contributed by atoms with van der Waals surface area (Å²) in [4.78, 5) is 31.2. The molecule has 2 aromatic heterocycles. The number of aromatic carboxylic acids is 1. The molecule has 1 aliphatic rings. The molecular formula is C18H19N3O5. The minimum Gasteiger partial charge on any atom is -0.478 e. The van der Waals surface area contributed by atoms with Crippen molar-refractivity contribution < 1.29 is 24.2 Å². The summed E-state index contributed by atoms with van der Waals surface area (Å²) in [5.41, 5.74) is 0.892. The highest BCUT2D eigenvalue weighted by molar-refractivity contribution is 5.95. The summed E-state index contributed by atoms with van der Waals surface area (Å²) in [5.74, 6) is -1.04. The summed E-state index contributed by atoms with van der Waals surface area (Å²) in [6.07, 6.45) is 4.66. The van der Waals surface area contributed by atoms with Gasteiger partial charge in [-0.25, -0.2) is 9.78 Å². The van der Waals surface area contributed by atoms with Crippen molar-refractivity contribution in [2.45, 2.75) is 25.5 Å². The molecule has 1 amide bonds. The number of rotatable bonds is 6. The van der Waals surface area contributed by atoms with Crippen LogP contribution in [0.5, 0.6) is 5.88 Å². The predicted molar refractivity (Wildman–Crippen MR) is 91.1 cm³/mol. The first-order chi connectivity index (χ1) is 12.6. The molecule has 8 nitrogen and oxygen atoms in total. The Bertz CT molecular complexity index is 790. The molecule has 8 heteroatoms. The SMILES string of the molecule is O=C(O)c1ccnc(C(=O)NCc2ccnc(OC3CCOCC3)c2)c1. The van der Waals surface area contributed by atoms with Gasteiger partial charge in [0.05, 0.1) is 18.8 Å². The maximum atomic E-state index is 12.2. The number of carbonyl (C=O) groups excluding carboxylic acids is 1. The number of nitrogens with one attached hydrogen (secondary N) is 1. The molecule has 0 spiro atoms. The van der Waals surface area contributed by atoms with Crippen molar-refractivity contribution in [1.82, 2.24) is 15.3 Å². The fraction of sp³-hybridized carbons (Fsp3) is 0.333. The summed E-state index contributed by atoms with van der Waals surface area (Å²) in [6, 6.07) is 6.13. The molecular weight excluding hydrogens is 338 g/mol. The van der Waals surface area contributed by atoms with Crippen LogP contribution < -0.4 is 10.1 Å². The van der Waals surface area contributed by atoms with Crippen LogP contribution in [0, 0.1) is 0 Å². The van der Waals surface area contributed by atoms with Gasteiger partial charge in [0.1, 0.15) is 11.8 Å². The number of amides is 1. The molecule has 136 valence electrons. The van der Waals surface area contributed by atoms with Crippen molar-refractivity contribution in [2.24, 2.45) is 0 Å². The molecule has 0 bridgehead atoms. The summed E-state index contributed by atoms with van der Waals surface area (Å²) in [6.45, 7) is 1.62. The van der Waals surface area contributed by atoms with Gasteiger partial charge in [0.25, 0.3) is 5.91 Å². The maximum absolute atomic E-state index is 12.2. The third-order valence-corrected chi connectivity index (χ3v) is 3.95. The Hall–Kier alpha value is -3.00. The largest absolute Gasteiger partial charge is 0.478 e. The van der Waals surface area contributed by atoms with Crippen molar-refractivity contribution >= 4 is 11.9 Å². The lowest BCUT2D eigenvalue weighted by atomic mass is 10.1. The van der Waals surface area contributed by atoms with Crippen LogP contribution in [-0.4, -0.2) is 46.3 Å². The van der Waals surface area contributed by atoms with Crippen LogP contribution >= 0.6 is 0 Å². The molecule has 1 aliphatic heterocycles. The first-order valence-electron chi connectivity index (χ1n) is 8.28. The highest BCUT2D eigenvalue weighted by atomic mass is 16.5. The smallest absolute Gasteiger partial charge is 0.335 e. The van der Waals surface area contributed by atoms with Gasteiger partial charge < -0.3 is 19.9 Å². The highest BCUT2D eigenvalue weighted by Crippen LogP contribution is 2.16. The third kappa shape index (κ3) is 4.76. The molecule has 2 N–H and O–H groups in total. The first kappa shape index (κ1) is 17.8. The molecule has 0 aromatic carbocycles. The van der Waals surface area contributed by atoms with Gasteiger partial charge >= 0.3 is 5.97 Å². The predicted octanol–water partition coefficient (Wildman–Crippen LogP) is 1.66. The third-order valence-electron chi connectivity index (χ3n) is 3.95. The fourth-order valence-corrected chi connectivity index (χ4v) is 2.55. The molecule has 0 unspecified atom stereocenters. The molecule has 1 saturated heterocycles. The van der Waals surface area contributed by atoms with Gasteiger partial charge in [0.2, 0.25) is 5.88 Å². The van der Waals surface area contributed by atoms with E-state index in [2.05, 4.69) is 15.3 Å². The van der Waals surface area contributed by atoms with E-state index in [-0.39, 0.29) is 23.9 Å². The van der Waals surface area contributed by atoms with Crippen LogP contribution in [0.2, 0.25) is 0 Å². The fourth-order valence-electron chi connectivity index (χ4n) is 2.55. The van der Waals surface area contributed by atoms with Crippen LogP contribution in [0.25, 0.3) is 0 Å². The van der Waals surface area contributed by atoms with Crippen molar-refractivity contribution in [3.8, 4) is 5.88 Å². The lowest BCUT2D eigenvalue weighted by Crippen LogP contribution is -2.26. The van der Waals surface area contributed by atoms with E-state index >= 15 is 0 Å². The number of carboxylic acid groups (broad SMARTS) is 1. The minimum atomic E-state index is -1.11. The molecule has 0 saturated carbocycles. The van der Waals surface area contributed by atoms with Gasteiger partial charge in [0, 0.05) is 37.8 Å². The number of nitrogens with zero attached hydrogens (tertiary/aromatic N) is 2. The molecule has 26 heavy (non-hydrogen) atoms. The quantitative estimate of drug-likeness (QED) is 0.809. The van der Waals surface area contributed by atoms with Crippen molar-refractivity contribution in [3.05, 3.63) is 53.5 Å². The average Bonchev–Trinajstić information content (AvgIpc) is 2.67. The van der Waals surface area contributed by atoms with Crippen molar-refractivity contribution in [2.75, 3.05) is 13.2 Å². The van der Waals surface area contributed by atoms with Crippen molar-refractivity contribution in [1.29, 1.82) is 0 Å². The standard InChI is InChI=1S/C18H19N3O5/c22-17(15-10-13(18(23)24)2-6-19-15)21-11-12-1-5-20-16(9-12)26-14-3-7-25-8-4-14/h1-2,5-6,9-10,14H,3-4,7-8,11H2,(H,21,22)(H,23,24). The Balaban J connectivity index is 1.58. The van der Waals surface area contributed by atoms with E-state index < -0.39 is 11.9 Å². The van der Waals surface area contributed by atoms with E-state index in [4.69, 9.17) is 14.6 Å². The Morgan fingerprint density at radius 3 is 2.73 bits per heavy atom. The topological polar surface area (TPSA) is 111 Å². The summed E-state index contributed by atoms with van der Waals surface area (Å²) in [7, 11) is 0. The lowest BCUT2D eigenvalue weighted by Gasteiger charge is -2.22. The molecule has 2 aromatic rings. The van der Waals surface area contributed by atoms with Gasteiger partial charge in [0.15, 0.2) is 0 Å². The molecule has 3 rings (SSSR count). The molecule has 0 radical (unpaired) electrons. The number of aromatic nitrogens is 2. The number of hydrogen-bond donors (Lipinski definition) is 2. The van der Waals surface area contributed by atoms with Crippen molar-refractivity contribution in [3.63, 3.8) is 0 Å². The summed E-state index contributed by atoms with van der Waals surface area (Å²) in [5, 5.41) is 11.7. The normalized spacial score (nSPS) is 14.6. The summed E-state index contributed by atoms with van der Waals surface area (Å²) < 4.78 is 11.1. The molecule has 3 heterocycles. The Morgan fingerprint density at radius 2 is 1.96 bits per heavy atom. The zero-order chi connectivity index (χ0) is 18.4. The number of carboxylic acids is 1. The lowest BCUT2D eigenvalue weighted by molar-refractivity contribution is 0.0237. The van der Waals surface area contributed by atoms with Crippen LogP contribution in [0.1, 0.15) is 39.3 Å². The Morgan fingerprint density at radius 1 is 1.19 bits per heavy atom. The van der Waals surface area contributed by atoms with Gasteiger partial charge in [-0.05, 0) is 23.8 Å². The molecule has 0 atom stereocenters. The zero-order valence-electron chi connectivity index (χ0n) is 14.1. The van der Waals surface area contributed by atoms with Gasteiger partial charge in [-0.1, -0.05) is 0 Å². The monoisotopic (exact) mass is 357 g/mol.